The van der Waals surface area contributed by atoms with Gasteiger partial charge in [-0.05, 0) is 0 Å². The number of hydrogen-bond acceptors (Lipinski definition) is 3. The lowest BCUT2D eigenvalue weighted by atomic mass is 9.94. The average molecular weight is 548 g/mol. The monoisotopic (exact) mass is 548 g/mol. The number of halogens is 18. The summed E-state index contributed by atoms with van der Waals surface area (Å²) in [5.41, 5.74) is 0. The summed E-state index contributed by atoms with van der Waals surface area (Å²) < 4.78 is 259. The van der Waals surface area contributed by atoms with E-state index in [4.69, 9.17) is 4.55 Å². The maximum atomic E-state index is 13.2. The number of ether oxygens (including phenoxy) is 1. The molecule has 0 aliphatic rings. The molecule has 0 aliphatic heterocycles. The van der Waals surface area contributed by atoms with Gasteiger partial charge in [-0.3, -0.25) is 4.55 Å². The summed E-state index contributed by atoms with van der Waals surface area (Å²) in [4.78, 5) is 0. The van der Waals surface area contributed by atoms with Crippen LogP contribution in [0.25, 0.3) is 0 Å². The normalized spacial score (nSPS) is 16.6. The van der Waals surface area contributed by atoms with Gasteiger partial charge in [-0.1, -0.05) is 0 Å². The molecule has 194 valence electrons. The Labute approximate surface area is 161 Å². The molecule has 0 amide bonds. The maximum absolute atomic E-state index is 13.2. The van der Waals surface area contributed by atoms with E-state index in [2.05, 4.69) is 0 Å². The number of hydrogen-bond donors (Lipinski definition) is 1. The van der Waals surface area contributed by atoms with Crippen LogP contribution >= 0.6 is 0 Å². The zero-order valence-corrected chi connectivity index (χ0v) is 14.3. The maximum Gasteiger partial charge on any atom is 0.460 e. The highest BCUT2D eigenvalue weighted by atomic mass is 32.2. The first-order valence-corrected chi connectivity index (χ1v) is 7.82. The van der Waals surface area contributed by atoms with E-state index in [0.717, 1.165) is 4.74 Å². The van der Waals surface area contributed by atoms with Gasteiger partial charge in [-0.2, -0.15) is 78.7 Å². The van der Waals surface area contributed by atoms with E-state index in [9.17, 15) is 87.4 Å². The van der Waals surface area contributed by atoms with E-state index in [1.54, 1.807) is 0 Å². The standard InChI is InChI=1S/C9H2F18O4S/c10-1(11)2(12,13)3(14,15)4(16,17)5(18,19)6(20,21)7(22,23)31-8(24,25)9(26,27)32(28,29)30/h1H,(H,28,29,30). The summed E-state index contributed by atoms with van der Waals surface area (Å²) in [5.74, 6) is -42.1. The molecule has 0 saturated heterocycles. The molecule has 0 radical (unpaired) electrons. The predicted octanol–water partition coefficient (Wildman–Crippen LogP) is 5.11. The van der Waals surface area contributed by atoms with Gasteiger partial charge in [0, 0.05) is 0 Å². The van der Waals surface area contributed by atoms with Crippen LogP contribution in [-0.4, -0.2) is 66.5 Å². The Morgan fingerprint density at radius 1 is 0.562 bits per heavy atom. The minimum absolute atomic E-state index is 1.11. The summed E-state index contributed by atoms with van der Waals surface area (Å²) in [7, 11) is -7.62. The van der Waals surface area contributed by atoms with Gasteiger partial charge in [-0.25, -0.2) is 13.5 Å². The van der Waals surface area contributed by atoms with Crippen LogP contribution in [0.15, 0.2) is 0 Å². The third-order valence-corrected chi connectivity index (χ3v) is 4.05. The van der Waals surface area contributed by atoms with Crippen molar-refractivity contribution in [3.63, 3.8) is 0 Å². The minimum Gasteiger partial charge on any atom is -0.281 e. The van der Waals surface area contributed by atoms with Gasteiger partial charge < -0.3 is 0 Å². The summed E-state index contributed by atoms with van der Waals surface area (Å²) in [6, 6.07) is 0. The van der Waals surface area contributed by atoms with E-state index in [-0.39, 0.29) is 0 Å². The summed E-state index contributed by atoms with van der Waals surface area (Å²) in [6.45, 7) is 0. The van der Waals surface area contributed by atoms with Crippen LogP contribution in [-0.2, 0) is 14.9 Å². The van der Waals surface area contributed by atoms with Crippen LogP contribution in [0.1, 0.15) is 0 Å². The Balaban J connectivity index is 6.64. The molecule has 0 heterocycles. The van der Waals surface area contributed by atoms with Gasteiger partial charge in [0.25, 0.3) is 0 Å². The summed E-state index contributed by atoms with van der Waals surface area (Å²) >= 11 is 0. The van der Waals surface area contributed by atoms with Crippen LogP contribution in [0, 0.1) is 0 Å². The van der Waals surface area contributed by atoms with Crippen molar-refractivity contribution < 1.29 is 96.7 Å². The van der Waals surface area contributed by atoms with Crippen LogP contribution in [0.2, 0.25) is 0 Å². The molecular formula is C9H2F18O4S. The quantitative estimate of drug-likeness (QED) is 0.305. The van der Waals surface area contributed by atoms with Crippen LogP contribution in [0.5, 0.6) is 0 Å². The molecule has 4 nitrogen and oxygen atoms in total. The van der Waals surface area contributed by atoms with Crippen molar-refractivity contribution in [2.45, 2.75) is 53.5 Å². The molecule has 0 rings (SSSR count). The zero-order chi connectivity index (χ0) is 26.8. The van der Waals surface area contributed by atoms with Gasteiger partial charge in [0.15, 0.2) is 0 Å². The van der Waals surface area contributed by atoms with Crippen molar-refractivity contribution >= 4 is 10.1 Å². The first-order chi connectivity index (χ1) is 13.4. The number of alkyl halides is 18. The van der Waals surface area contributed by atoms with Crippen molar-refractivity contribution in [3.8, 4) is 0 Å². The molecule has 23 heteroatoms. The Hall–Kier alpha value is -1.39. The van der Waals surface area contributed by atoms with Crippen LogP contribution in [0.3, 0.4) is 0 Å². The molecular weight excluding hydrogens is 546 g/mol. The molecule has 0 bridgehead atoms. The van der Waals surface area contributed by atoms with Crippen LogP contribution in [0.4, 0.5) is 79.0 Å². The molecule has 32 heavy (non-hydrogen) atoms. The van der Waals surface area contributed by atoms with Crippen molar-refractivity contribution in [1.29, 1.82) is 0 Å². The Morgan fingerprint density at radius 3 is 1.16 bits per heavy atom. The topological polar surface area (TPSA) is 63.6 Å². The molecule has 0 aliphatic carbocycles. The first-order valence-electron chi connectivity index (χ1n) is 6.38. The third kappa shape index (κ3) is 4.03. The minimum atomic E-state index is -8.77. The molecule has 1 N–H and O–H groups in total. The van der Waals surface area contributed by atoms with E-state index < -0.39 is 63.6 Å². The molecule has 0 aromatic heterocycles. The summed E-state index contributed by atoms with van der Waals surface area (Å²) in [6.07, 6.45) is -22.0. The molecule has 0 unspecified atom stereocenters. The zero-order valence-electron chi connectivity index (χ0n) is 13.5. The smallest absolute Gasteiger partial charge is 0.281 e. The van der Waals surface area contributed by atoms with E-state index in [1.165, 1.54) is 0 Å². The first kappa shape index (κ1) is 30.6. The lowest BCUT2D eigenvalue weighted by Gasteiger charge is -2.41. The fourth-order valence-corrected chi connectivity index (χ4v) is 1.70. The second-order valence-corrected chi connectivity index (χ2v) is 6.81. The SMILES string of the molecule is O=S(=O)(O)C(F)(F)C(F)(F)OC(F)(F)C(F)(F)C(F)(F)C(F)(F)C(F)(F)C(F)(F)C(F)F. The number of rotatable bonds is 10. The van der Waals surface area contributed by atoms with Gasteiger partial charge in [0.05, 0.1) is 0 Å². The molecule has 0 spiro atoms. The predicted molar refractivity (Wildman–Crippen MR) is 58.2 cm³/mol. The summed E-state index contributed by atoms with van der Waals surface area (Å²) in [5, 5.41) is -7.41. The molecule has 0 atom stereocenters. The van der Waals surface area contributed by atoms with Crippen molar-refractivity contribution in [2.75, 3.05) is 0 Å². The largest absolute Gasteiger partial charge is 0.460 e. The Morgan fingerprint density at radius 2 is 0.875 bits per heavy atom. The average Bonchev–Trinajstić information content (AvgIpc) is 2.51. The Kier molecular flexibility index (Phi) is 7.23. The molecule has 0 fully saturated rings. The van der Waals surface area contributed by atoms with Gasteiger partial charge in [-0.15, -0.1) is 0 Å². The van der Waals surface area contributed by atoms with E-state index >= 15 is 0 Å². The fraction of sp³-hybridized carbons (Fsp3) is 1.00. The third-order valence-electron chi connectivity index (χ3n) is 3.16. The lowest BCUT2D eigenvalue weighted by molar-refractivity contribution is -0.501. The highest BCUT2D eigenvalue weighted by Gasteiger charge is 2.92. The Bertz CT molecular complexity index is 801. The fourth-order valence-electron chi connectivity index (χ4n) is 1.36. The van der Waals surface area contributed by atoms with Gasteiger partial charge in [0.2, 0.25) is 0 Å². The highest BCUT2D eigenvalue weighted by Crippen LogP contribution is 2.61. The van der Waals surface area contributed by atoms with E-state index in [0.29, 0.717) is 0 Å². The second-order valence-electron chi connectivity index (χ2n) is 5.35. The van der Waals surface area contributed by atoms with Gasteiger partial charge in [0.1, 0.15) is 0 Å². The lowest BCUT2D eigenvalue weighted by Crippen LogP contribution is -2.72. The van der Waals surface area contributed by atoms with Gasteiger partial charge >= 0.3 is 63.6 Å². The molecule has 0 saturated carbocycles. The molecule has 0 aromatic carbocycles. The molecule has 0 aromatic rings. The second kappa shape index (κ2) is 7.56. The van der Waals surface area contributed by atoms with Crippen molar-refractivity contribution in [2.24, 2.45) is 0 Å². The van der Waals surface area contributed by atoms with Crippen molar-refractivity contribution in [1.82, 2.24) is 0 Å². The van der Waals surface area contributed by atoms with Crippen molar-refractivity contribution in [3.05, 3.63) is 0 Å². The van der Waals surface area contributed by atoms with Crippen LogP contribution < -0.4 is 0 Å². The highest BCUT2D eigenvalue weighted by molar-refractivity contribution is 7.86. The van der Waals surface area contributed by atoms with E-state index in [1.807, 2.05) is 0 Å².